The van der Waals surface area contributed by atoms with Crippen LogP contribution >= 0.6 is 34.4 Å². The summed E-state index contributed by atoms with van der Waals surface area (Å²) in [4.78, 5) is 28.5. The molecular formula is C46H52N12O9S5. The van der Waals surface area contributed by atoms with E-state index in [-0.39, 0.29) is 38.7 Å². The van der Waals surface area contributed by atoms with Gasteiger partial charge in [0, 0.05) is 49.9 Å². The minimum absolute atomic E-state index is 0.202. The lowest BCUT2D eigenvalue weighted by Crippen LogP contribution is -2.27. The zero-order valence-corrected chi connectivity index (χ0v) is 44.6. The van der Waals surface area contributed by atoms with Crippen LogP contribution in [-0.2, 0) is 25.0 Å². The summed E-state index contributed by atoms with van der Waals surface area (Å²) in [6.45, 7) is 14.0. The largest absolute Gasteiger partial charge is 0.494 e. The molecule has 380 valence electrons. The van der Waals surface area contributed by atoms with Crippen LogP contribution in [0.2, 0.25) is 0 Å². The molecule has 4 bridgehead atoms. The Kier molecular flexibility index (Phi) is 16.0. The number of aryl methyl sites for hydroxylation is 2. The van der Waals surface area contributed by atoms with E-state index in [2.05, 4.69) is 47.6 Å². The number of nitrogens with zero attached hydrogens (tertiary/aromatic N) is 11. The van der Waals surface area contributed by atoms with Gasteiger partial charge in [-0.2, -0.15) is 21.8 Å². The maximum atomic E-state index is 12.1. The Hall–Kier alpha value is -6.00. The fourth-order valence-electron chi connectivity index (χ4n) is 8.12. The normalized spacial score (nSPS) is 16.0. The second-order valence-electron chi connectivity index (χ2n) is 16.2. The Morgan fingerprint density at radius 2 is 1.39 bits per heavy atom. The lowest BCUT2D eigenvalue weighted by atomic mass is 10.0. The van der Waals surface area contributed by atoms with Gasteiger partial charge in [0.25, 0.3) is 20.2 Å². The van der Waals surface area contributed by atoms with E-state index in [0.29, 0.717) is 122 Å². The topological polar surface area (TPSA) is 267 Å². The highest BCUT2D eigenvalue weighted by molar-refractivity contribution is 8.14. The molecule has 4 aromatic carbocycles. The van der Waals surface area contributed by atoms with E-state index >= 15 is 0 Å². The maximum Gasteiger partial charge on any atom is 0.294 e. The van der Waals surface area contributed by atoms with Crippen molar-refractivity contribution in [1.82, 2.24) is 9.97 Å². The van der Waals surface area contributed by atoms with Gasteiger partial charge in [-0.15, -0.1) is 32.2 Å². The van der Waals surface area contributed by atoms with E-state index in [0.717, 1.165) is 33.4 Å². The maximum absolute atomic E-state index is 12.1. The van der Waals surface area contributed by atoms with Gasteiger partial charge in [-0.25, -0.2) is 20.0 Å². The minimum Gasteiger partial charge on any atom is -0.494 e. The van der Waals surface area contributed by atoms with E-state index in [1.165, 1.54) is 24.3 Å². The third kappa shape index (κ3) is 11.3. The Morgan fingerprint density at radius 3 is 1.94 bits per heavy atom. The molecule has 0 fully saturated rings. The van der Waals surface area contributed by atoms with Crippen molar-refractivity contribution in [2.75, 3.05) is 68.1 Å². The molecule has 2 aromatic heterocycles. The smallest absolute Gasteiger partial charge is 0.294 e. The molecule has 0 amide bonds. The number of fused-ring (bicyclic) bond motifs is 7. The molecule has 2 aliphatic heterocycles. The summed E-state index contributed by atoms with van der Waals surface area (Å²) in [6.07, 6.45) is 1.17. The molecule has 8 rings (SSSR count). The van der Waals surface area contributed by atoms with Gasteiger partial charge in [-0.3, -0.25) is 9.11 Å². The van der Waals surface area contributed by atoms with Crippen LogP contribution in [0.4, 0.5) is 44.4 Å². The number of ether oxygens (including phenoxy) is 3. The number of nitrogens with one attached hydrogen (secondary N) is 1. The summed E-state index contributed by atoms with van der Waals surface area (Å²) in [6, 6.07) is 12.9. The van der Waals surface area contributed by atoms with Gasteiger partial charge in [-0.1, -0.05) is 29.6 Å². The number of hydrogen-bond donors (Lipinski definition) is 3. The predicted octanol–water partition coefficient (Wildman–Crippen LogP) is 11.6. The first-order valence-electron chi connectivity index (χ1n) is 22.7. The highest BCUT2D eigenvalue weighted by Gasteiger charge is 2.27. The average molecular weight is 1080 g/mol. The monoisotopic (exact) mass is 1080 g/mol. The zero-order chi connectivity index (χ0) is 51.5. The van der Waals surface area contributed by atoms with E-state index in [1.807, 2.05) is 37.8 Å². The summed E-state index contributed by atoms with van der Waals surface area (Å²) >= 11 is 3.83. The van der Waals surface area contributed by atoms with Crippen LogP contribution in [0.1, 0.15) is 51.7 Å². The number of aliphatic imine (C=N–C) groups is 3. The zero-order valence-electron chi connectivity index (χ0n) is 40.6. The van der Waals surface area contributed by atoms with Gasteiger partial charge >= 0.3 is 0 Å². The van der Waals surface area contributed by atoms with Gasteiger partial charge in [0.15, 0.2) is 0 Å². The summed E-state index contributed by atoms with van der Waals surface area (Å²) in [5.74, 6) is 2.14. The number of benzene rings is 4. The minimum atomic E-state index is -4.46. The molecule has 6 aromatic rings. The van der Waals surface area contributed by atoms with Crippen molar-refractivity contribution in [3.63, 3.8) is 0 Å². The van der Waals surface area contributed by atoms with Crippen LogP contribution in [0.25, 0.3) is 20.4 Å². The number of methoxy groups -OCH3 is 2. The number of guanidine groups is 1. The van der Waals surface area contributed by atoms with Crippen molar-refractivity contribution in [3.05, 3.63) is 59.7 Å². The van der Waals surface area contributed by atoms with Gasteiger partial charge in [0.05, 0.1) is 78.8 Å². The van der Waals surface area contributed by atoms with Crippen molar-refractivity contribution in [2.45, 2.75) is 64.2 Å². The Balaban J connectivity index is 1.27. The summed E-state index contributed by atoms with van der Waals surface area (Å²) in [5.41, 5.74) is 4.78. The van der Waals surface area contributed by atoms with Crippen molar-refractivity contribution < 1.29 is 40.2 Å². The molecular weight excluding hydrogens is 1020 g/mol. The number of thioether (sulfide) groups is 1. The number of aromatic nitrogens is 2. The third-order valence-corrected chi connectivity index (χ3v) is 17.0. The predicted molar refractivity (Wildman–Crippen MR) is 287 cm³/mol. The van der Waals surface area contributed by atoms with Gasteiger partial charge in [0.2, 0.25) is 16.2 Å². The van der Waals surface area contributed by atoms with Crippen LogP contribution in [0.3, 0.4) is 0 Å². The van der Waals surface area contributed by atoms with Crippen molar-refractivity contribution in [1.29, 1.82) is 0 Å². The average Bonchev–Trinajstić information content (AvgIpc) is 3.93. The fraction of sp³-hybridized carbons (Fsp3) is 0.370. The van der Waals surface area contributed by atoms with E-state index in [1.54, 1.807) is 52.0 Å². The second-order valence-corrected chi connectivity index (χ2v) is 22.1. The molecule has 26 heteroatoms. The van der Waals surface area contributed by atoms with Gasteiger partial charge < -0.3 is 29.3 Å². The summed E-state index contributed by atoms with van der Waals surface area (Å²) in [5, 5.41) is 23.1. The standard InChI is InChI=1S/C46H52N12O9S5/c1-9-27-19-40-51-44(48-31-21-34(57(10-2)11-3)36(65-7)23-33(31)54-56-46-50-29-14-16-39(72(62,63)64)26(6)42(29)70-46)52-43(27)47-30-20-35(58(12-4)24-67-17-18-68-40)37(66-8)22-32(30)53-55-45-49-28-13-15-38(71(59,60)61)25(5)41(28)69-45/h13-16,20-23,27H,9-12,17-19,24H2,1-8H3,(H,47,48,52)(H,59,60,61)(H,62,63,64). The fourth-order valence-corrected chi connectivity index (χ4v) is 12.4. The Labute approximate surface area is 428 Å². The molecule has 0 radical (unpaired) electrons. The van der Waals surface area contributed by atoms with Crippen molar-refractivity contribution >= 4 is 136 Å². The summed E-state index contributed by atoms with van der Waals surface area (Å²) in [7, 11) is -5.78. The van der Waals surface area contributed by atoms with Gasteiger partial charge in [-0.05, 0) is 88.6 Å². The number of amidine groups is 1. The molecule has 1 unspecified atom stereocenters. The molecule has 21 nitrogen and oxygen atoms in total. The molecule has 2 aliphatic rings. The molecule has 0 aliphatic carbocycles. The molecule has 1 atom stereocenters. The number of rotatable bonds is 14. The van der Waals surface area contributed by atoms with E-state index in [4.69, 9.17) is 29.2 Å². The first-order valence-corrected chi connectivity index (χ1v) is 28.2. The van der Waals surface area contributed by atoms with Crippen LogP contribution in [0, 0.1) is 19.8 Å². The number of thiazole rings is 2. The molecule has 0 spiro atoms. The highest BCUT2D eigenvalue weighted by Crippen LogP contribution is 2.44. The highest BCUT2D eigenvalue weighted by atomic mass is 32.2. The first-order chi connectivity index (χ1) is 34.5. The van der Waals surface area contributed by atoms with Crippen molar-refractivity contribution in [3.8, 4) is 11.5 Å². The van der Waals surface area contributed by atoms with Crippen LogP contribution in [0.15, 0.2) is 93.8 Å². The van der Waals surface area contributed by atoms with Crippen LogP contribution in [0.5, 0.6) is 11.5 Å². The molecule has 4 heterocycles. The molecule has 0 saturated heterocycles. The quantitative estimate of drug-likeness (QED) is 0.0676. The van der Waals surface area contributed by atoms with Gasteiger partial charge in [0.1, 0.15) is 35.4 Å². The summed E-state index contributed by atoms with van der Waals surface area (Å²) < 4.78 is 87.1. The van der Waals surface area contributed by atoms with E-state index in [9.17, 15) is 25.9 Å². The van der Waals surface area contributed by atoms with Crippen molar-refractivity contribution in [2.24, 2.45) is 41.4 Å². The lowest BCUT2D eigenvalue weighted by Gasteiger charge is -2.26. The Bertz CT molecular complexity index is 3440. The van der Waals surface area contributed by atoms with E-state index < -0.39 is 20.2 Å². The second kappa shape index (κ2) is 22.0. The third-order valence-electron chi connectivity index (χ3n) is 11.9. The molecule has 72 heavy (non-hydrogen) atoms. The number of azo groups is 2. The first kappa shape index (κ1) is 52.3. The molecule has 0 saturated carbocycles. The number of hydrogen-bond acceptors (Lipinski definition) is 22. The van der Waals surface area contributed by atoms with Crippen LogP contribution < -0.4 is 24.6 Å². The lowest BCUT2D eigenvalue weighted by molar-refractivity contribution is 0.150. The number of anilines is 3. The SMILES string of the molecule is CCC1CC2=NC(Nc3cc(N(CC)CC)c(OC)cc3N=Nc3nc4ccc(S(=O)(=O)O)c(C)c4s3)=NC1=Nc1cc(c(OC)cc1N=Nc1nc3ccc(S(=O)(=O)O)c(C)c3s1)N(CC)COCCS2. The molecule has 3 N–H and O–H groups in total. The van der Waals surface area contributed by atoms with Crippen LogP contribution in [-0.4, -0.2) is 106 Å². The Morgan fingerprint density at radius 1 is 0.792 bits per heavy atom.